The van der Waals surface area contributed by atoms with Crippen LogP contribution in [0.4, 0.5) is 4.20 Å². The van der Waals surface area contributed by atoms with Crippen LogP contribution in [0.5, 0.6) is 0 Å². The molecule has 0 amide bonds. The molecule has 1 unspecified atom stereocenters. The molecule has 0 aliphatic rings. The standard InChI is InChI=1S/C10H23Cl2FNOPSi/c1-8-15-16(11,13)14-17(12,9(2,3)4)10(5,6)7/h8H2,1-7H3. The molecular weight excluding hydrogens is 299 g/mol. The second-order valence-corrected chi connectivity index (χ2v) is 15.1. The van der Waals surface area contributed by atoms with Crippen molar-refractivity contribution in [2.75, 3.05) is 6.61 Å². The molecule has 104 valence electrons. The predicted octanol–water partition coefficient (Wildman–Crippen LogP) is 6.46. The molecule has 0 bridgehead atoms. The summed E-state index contributed by atoms with van der Waals surface area (Å²) in [6.07, 6.45) is 0. The maximum absolute atomic E-state index is 14.1. The minimum absolute atomic E-state index is 0.201. The molecule has 7 heteroatoms. The lowest BCUT2D eigenvalue weighted by Gasteiger charge is -2.43. The molecule has 0 aromatic heterocycles. The Morgan fingerprint density at radius 1 is 1.18 bits per heavy atom. The number of halogens is 3. The van der Waals surface area contributed by atoms with Gasteiger partial charge in [-0.3, -0.25) is 4.41 Å². The van der Waals surface area contributed by atoms with Crippen molar-refractivity contribution < 1.29 is 8.72 Å². The summed E-state index contributed by atoms with van der Waals surface area (Å²) in [7, 11) is -2.81. The number of nitrogens with zero attached hydrogens (tertiary/aromatic N) is 1. The second-order valence-electron chi connectivity index (χ2n) is 6.07. The van der Waals surface area contributed by atoms with Crippen LogP contribution in [-0.2, 0) is 4.52 Å². The van der Waals surface area contributed by atoms with E-state index in [1.807, 2.05) is 41.5 Å². The molecule has 17 heavy (non-hydrogen) atoms. The van der Waals surface area contributed by atoms with E-state index in [-0.39, 0.29) is 16.7 Å². The Balaban J connectivity index is 5.71. The second kappa shape index (κ2) is 5.50. The fraction of sp³-hybridized carbons (Fsp3) is 1.00. The Hall–Kier alpha value is 0.917. The van der Waals surface area contributed by atoms with E-state index in [0.29, 0.717) is 0 Å². The average molecular weight is 322 g/mol. The quantitative estimate of drug-likeness (QED) is 0.332. The van der Waals surface area contributed by atoms with Gasteiger partial charge in [0.2, 0.25) is 0 Å². The van der Waals surface area contributed by atoms with Gasteiger partial charge in [0, 0.05) is 0 Å². The zero-order valence-corrected chi connectivity index (χ0v) is 15.0. The van der Waals surface area contributed by atoms with Gasteiger partial charge < -0.3 is 4.52 Å². The lowest BCUT2D eigenvalue weighted by molar-refractivity contribution is 0.358. The fourth-order valence-electron chi connectivity index (χ4n) is 1.77. The van der Waals surface area contributed by atoms with Crippen molar-refractivity contribution in [1.82, 2.24) is 0 Å². The highest BCUT2D eigenvalue weighted by Crippen LogP contribution is 2.65. The van der Waals surface area contributed by atoms with Crippen LogP contribution in [0, 0.1) is 0 Å². The maximum Gasteiger partial charge on any atom is 0.339 e. The molecule has 0 aromatic carbocycles. The zero-order valence-electron chi connectivity index (χ0n) is 11.6. The molecule has 0 saturated carbocycles. The van der Waals surface area contributed by atoms with Crippen LogP contribution < -0.4 is 0 Å². The van der Waals surface area contributed by atoms with Gasteiger partial charge in [0.15, 0.2) is 0 Å². The maximum atomic E-state index is 14.1. The van der Waals surface area contributed by atoms with Crippen molar-refractivity contribution in [1.29, 1.82) is 0 Å². The number of hydrogen-bond donors (Lipinski definition) is 0. The Morgan fingerprint density at radius 3 is 1.76 bits per heavy atom. The van der Waals surface area contributed by atoms with E-state index < -0.39 is 14.5 Å². The zero-order chi connectivity index (χ0) is 14.1. The summed E-state index contributed by atoms with van der Waals surface area (Å²) in [5.41, 5.74) is 0. The van der Waals surface area contributed by atoms with E-state index in [4.69, 9.17) is 26.8 Å². The van der Waals surface area contributed by atoms with Crippen LogP contribution in [0.1, 0.15) is 48.5 Å². The molecule has 2 nitrogen and oxygen atoms in total. The number of hydrogen-bond acceptors (Lipinski definition) is 2. The van der Waals surface area contributed by atoms with Crippen LogP contribution in [0.2, 0.25) is 10.1 Å². The normalized spacial score (nSPS) is 17.8. The van der Waals surface area contributed by atoms with Crippen molar-refractivity contribution in [3.05, 3.63) is 0 Å². The highest BCUT2D eigenvalue weighted by Gasteiger charge is 2.54. The van der Waals surface area contributed by atoms with Gasteiger partial charge in [0.05, 0.1) is 6.61 Å². The lowest BCUT2D eigenvalue weighted by Crippen LogP contribution is -2.45. The third kappa shape index (κ3) is 4.50. The molecular formula is C10H23Cl2FNOPSi. The Morgan fingerprint density at radius 2 is 1.53 bits per heavy atom. The first-order valence-corrected chi connectivity index (χ1v) is 11.0. The SMILES string of the molecule is CCOP(F)(Cl)=N[Si](Cl)(C(C)(C)C)C(C)(C)C. The van der Waals surface area contributed by atoms with E-state index in [1.54, 1.807) is 6.92 Å². The van der Waals surface area contributed by atoms with E-state index in [9.17, 15) is 4.20 Å². The monoisotopic (exact) mass is 321 g/mol. The van der Waals surface area contributed by atoms with Gasteiger partial charge >= 0.3 is 6.94 Å². The van der Waals surface area contributed by atoms with E-state index in [1.165, 1.54) is 0 Å². The highest BCUT2D eigenvalue weighted by atomic mass is 35.7. The summed E-state index contributed by atoms with van der Waals surface area (Å²) >= 11 is 12.4. The van der Waals surface area contributed by atoms with Gasteiger partial charge in [0.25, 0.3) is 7.55 Å². The first-order valence-electron chi connectivity index (χ1n) is 5.63. The Kier molecular flexibility index (Phi) is 5.80. The van der Waals surface area contributed by atoms with Crippen LogP contribution in [0.15, 0.2) is 4.41 Å². The molecule has 0 fully saturated rings. The molecule has 0 aliphatic carbocycles. The molecule has 0 radical (unpaired) electrons. The third-order valence-electron chi connectivity index (χ3n) is 2.53. The minimum atomic E-state index is -3.73. The minimum Gasteiger partial charge on any atom is -0.310 e. The molecule has 0 rings (SSSR count). The first-order chi connectivity index (χ1) is 7.27. The van der Waals surface area contributed by atoms with Crippen LogP contribution in [-0.4, -0.2) is 14.2 Å². The van der Waals surface area contributed by atoms with Crippen molar-refractivity contribution in [3.63, 3.8) is 0 Å². The fourth-order valence-corrected chi connectivity index (χ4v) is 10.8. The smallest absolute Gasteiger partial charge is 0.310 e. The topological polar surface area (TPSA) is 21.6 Å². The summed E-state index contributed by atoms with van der Waals surface area (Å²) in [5, 5.41) is -0.591. The van der Waals surface area contributed by atoms with Crippen LogP contribution in [0.25, 0.3) is 0 Å². The largest absolute Gasteiger partial charge is 0.339 e. The van der Waals surface area contributed by atoms with Crippen molar-refractivity contribution >= 4 is 36.8 Å². The molecule has 0 N–H and O–H groups in total. The van der Waals surface area contributed by atoms with Gasteiger partial charge in [-0.25, -0.2) is 0 Å². The summed E-state index contributed by atoms with van der Waals surface area (Å²) in [6, 6.07) is 0. The molecule has 1 atom stereocenters. The molecule has 0 aliphatic heterocycles. The number of rotatable bonds is 3. The third-order valence-corrected chi connectivity index (χ3v) is 14.2. The van der Waals surface area contributed by atoms with Crippen LogP contribution in [0.3, 0.4) is 0 Å². The first kappa shape index (κ1) is 17.9. The molecule has 0 saturated heterocycles. The van der Waals surface area contributed by atoms with Crippen molar-refractivity contribution in [3.8, 4) is 0 Å². The Labute approximate surface area is 115 Å². The predicted molar refractivity (Wildman–Crippen MR) is 79.0 cm³/mol. The lowest BCUT2D eigenvalue weighted by atomic mass is 10.2. The van der Waals surface area contributed by atoms with Gasteiger partial charge in [-0.15, -0.1) is 11.1 Å². The summed E-state index contributed by atoms with van der Waals surface area (Å²) in [6.45, 7) is 10.0. The Bertz CT molecular complexity index is 305. The molecule has 0 heterocycles. The summed E-state index contributed by atoms with van der Waals surface area (Å²) < 4.78 is 23.2. The van der Waals surface area contributed by atoms with Gasteiger partial charge in [-0.05, 0) is 28.2 Å². The summed E-state index contributed by atoms with van der Waals surface area (Å²) in [4.78, 5) is 0. The van der Waals surface area contributed by atoms with E-state index in [0.717, 1.165) is 0 Å². The van der Waals surface area contributed by atoms with E-state index in [2.05, 4.69) is 4.41 Å². The average Bonchev–Trinajstić information content (AvgIpc) is 1.97. The van der Waals surface area contributed by atoms with E-state index >= 15 is 0 Å². The van der Waals surface area contributed by atoms with Crippen LogP contribution >= 0.6 is 29.3 Å². The van der Waals surface area contributed by atoms with Gasteiger partial charge in [0.1, 0.15) is 0 Å². The van der Waals surface area contributed by atoms with Gasteiger partial charge in [-0.1, -0.05) is 41.5 Å². The molecule has 0 spiro atoms. The van der Waals surface area contributed by atoms with Crippen molar-refractivity contribution in [2.45, 2.75) is 58.5 Å². The van der Waals surface area contributed by atoms with Gasteiger partial charge in [-0.2, -0.15) is 4.20 Å². The summed E-state index contributed by atoms with van der Waals surface area (Å²) in [5.74, 6) is 0. The highest BCUT2D eigenvalue weighted by molar-refractivity contribution is 7.84. The molecule has 0 aromatic rings. The van der Waals surface area contributed by atoms with Crippen molar-refractivity contribution in [2.24, 2.45) is 4.41 Å².